The van der Waals surface area contributed by atoms with Crippen molar-refractivity contribution in [3.05, 3.63) is 0 Å². The molecule has 1 N–H and O–H groups in total. The van der Waals surface area contributed by atoms with Crippen LogP contribution in [0.2, 0.25) is 0 Å². The van der Waals surface area contributed by atoms with Crippen LogP contribution >= 0.6 is 7.82 Å². The molecule has 0 aliphatic heterocycles. The van der Waals surface area contributed by atoms with Gasteiger partial charge in [0.25, 0.3) is 0 Å². The summed E-state index contributed by atoms with van der Waals surface area (Å²) in [6.45, 7) is 3.20. The van der Waals surface area contributed by atoms with Crippen LogP contribution in [0.25, 0.3) is 0 Å². The van der Waals surface area contributed by atoms with Crippen molar-refractivity contribution in [3.63, 3.8) is 0 Å². The molecule has 0 fully saturated rings. The number of methoxy groups -OCH3 is 1. The fourth-order valence-electron chi connectivity index (χ4n) is 0.731. The van der Waals surface area contributed by atoms with E-state index in [0.717, 1.165) is 6.42 Å². The molecule has 0 heterocycles. The van der Waals surface area contributed by atoms with Gasteiger partial charge in [-0.2, -0.15) is 0 Å². The summed E-state index contributed by atoms with van der Waals surface area (Å²) >= 11 is 0. The van der Waals surface area contributed by atoms with Crippen molar-refractivity contribution in [3.8, 4) is 0 Å². The third kappa shape index (κ3) is 10.3. The maximum atomic E-state index is 11.1. The molecule has 7 heteroatoms. The van der Waals surface area contributed by atoms with Crippen molar-refractivity contribution in [1.29, 1.82) is 0 Å². The van der Waals surface area contributed by atoms with Crippen molar-refractivity contribution in [2.75, 3.05) is 40.1 Å². The molecule has 0 aliphatic carbocycles. The van der Waals surface area contributed by atoms with Crippen molar-refractivity contribution >= 4 is 7.82 Å². The van der Waals surface area contributed by atoms with E-state index in [1.54, 1.807) is 0 Å². The van der Waals surface area contributed by atoms with Crippen LogP contribution in [-0.4, -0.2) is 45.0 Å². The van der Waals surface area contributed by atoms with Crippen LogP contribution in [-0.2, 0) is 23.1 Å². The number of ether oxygens (including phenoxy) is 2. The number of hydrogen-bond donors (Lipinski definition) is 1. The Labute approximate surface area is 90.1 Å². The van der Waals surface area contributed by atoms with Gasteiger partial charge in [0.05, 0.1) is 26.4 Å². The number of hydrogen-bond acceptors (Lipinski definition) is 5. The molecule has 0 rings (SSSR count). The largest absolute Gasteiger partial charge is 0.472 e. The summed E-state index contributed by atoms with van der Waals surface area (Å²) in [6, 6.07) is 0. The molecule has 92 valence electrons. The molecule has 0 saturated carbocycles. The van der Waals surface area contributed by atoms with Gasteiger partial charge in [-0.3, -0.25) is 9.05 Å². The van der Waals surface area contributed by atoms with Crippen LogP contribution in [0.4, 0.5) is 0 Å². The molecule has 0 saturated heterocycles. The van der Waals surface area contributed by atoms with Gasteiger partial charge in [-0.25, -0.2) is 4.57 Å². The molecular formula is C8H19O6P. The Kier molecular flexibility index (Phi) is 9.29. The minimum atomic E-state index is -3.93. The lowest BCUT2D eigenvalue weighted by Crippen LogP contribution is -2.06. The Balaban J connectivity index is 3.43. The third-order valence-corrected chi connectivity index (χ3v) is 2.39. The zero-order chi connectivity index (χ0) is 11.6. The topological polar surface area (TPSA) is 74.2 Å². The van der Waals surface area contributed by atoms with Crippen molar-refractivity contribution in [2.24, 2.45) is 0 Å². The van der Waals surface area contributed by atoms with Crippen LogP contribution in [0.15, 0.2) is 0 Å². The molecule has 0 radical (unpaired) electrons. The van der Waals surface area contributed by atoms with E-state index in [2.05, 4.69) is 13.8 Å². The standard InChI is InChI=1S/C8H19O6P/c1-3-4-12-6-8-14-15(9,10)13-7-5-11-2/h3-8H2,1-2H3,(H,9,10). The minimum absolute atomic E-state index is 0.0279. The van der Waals surface area contributed by atoms with Gasteiger partial charge < -0.3 is 14.4 Å². The van der Waals surface area contributed by atoms with Gasteiger partial charge in [-0.1, -0.05) is 6.92 Å². The zero-order valence-electron chi connectivity index (χ0n) is 9.18. The summed E-state index contributed by atoms with van der Waals surface area (Å²) in [6.07, 6.45) is 0.904. The summed E-state index contributed by atoms with van der Waals surface area (Å²) < 4.78 is 30.1. The second kappa shape index (κ2) is 9.27. The number of phosphoric ester groups is 1. The highest BCUT2D eigenvalue weighted by Gasteiger charge is 2.19. The SMILES string of the molecule is CCCOCCOP(=O)(O)OCCOC. The maximum absolute atomic E-state index is 11.1. The first-order chi connectivity index (χ1) is 7.12. The Morgan fingerprint density at radius 1 is 1.07 bits per heavy atom. The second-order valence-electron chi connectivity index (χ2n) is 2.74. The molecule has 0 aromatic carbocycles. The van der Waals surface area contributed by atoms with Gasteiger partial charge in [0, 0.05) is 13.7 Å². The molecule has 0 aromatic rings. The minimum Gasteiger partial charge on any atom is -0.382 e. The molecule has 6 nitrogen and oxygen atoms in total. The lowest BCUT2D eigenvalue weighted by molar-refractivity contribution is 0.0674. The van der Waals surface area contributed by atoms with Crippen LogP contribution in [0.1, 0.15) is 13.3 Å². The molecule has 0 aromatic heterocycles. The summed E-state index contributed by atoms with van der Waals surface area (Å²) in [4.78, 5) is 9.10. The fourth-order valence-corrected chi connectivity index (χ4v) is 1.42. The zero-order valence-corrected chi connectivity index (χ0v) is 10.1. The first-order valence-electron chi connectivity index (χ1n) is 4.81. The van der Waals surface area contributed by atoms with Gasteiger partial charge in [0.1, 0.15) is 0 Å². The average Bonchev–Trinajstić information content (AvgIpc) is 2.17. The fraction of sp³-hybridized carbons (Fsp3) is 1.00. The van der Waals surface area contributed by atoms with E-state index in [4.69, 9.17) is 9.63 Å². The monoisotopic (exact) mass is 242 g/mol. The van der Waals surface area contributed by atoms with E-state index in [-0.39, 0.29) is 26.4 Å². The van der Waals surface area contributed by atoms with Gasteiger partial charge >= 0.3 is 7.82 Å². The lowest BCUT2D eigenvalue weighted by Gasteiger charge is -2.11. The molecule has 15 heavy (non-hydrogen) atoms. The Morgan fingerprint density at radius 3 is 2.20 bits per heavy atom. The van der Waals surface area contributed by atoms with Crippen molar-refractivity contribution in [2.45, 2.75) is 13.3 Å². The Bertz CT molecular complexity index is 186. The average molecular weight is 242 g/mol. The highest BCUT2D eigenvalue weighted by molar-refractivity contribution is 7.47. The second-order valence-corrected chi connectivity index (χ2v) is 4.19. The van der Waals surface area contributed by atoms with Crippen LogP contribution < -0.4 is 0 Å². The first-order valence-corrected chi connectivity index (χ1v) is 6.30. The molecule has 0 aliphatic rings. The summed E-state index contributed by atoms with van der Waals surface area (Å²) in [7, 11) is -2.45. The van der Waals surface area contributed by atoms with E-state index >= 15 is 0 Å². The van der Waals surface area contributed by atoms with E-state index in [1.807, 2.05) is 6.92 Å². The summed E-state index contributed by atoms with van der Waals surface area (Å²) in [5.41, 5.74) is 0. The predicted octanol–water partition coefficient (Wildman–Crippen LogP) is 1.19. The van der Waals surface area contributed by atoms with Gasteiger partial charge in [0.15, 0.2) is 0 Å². The van der Waals surface area contributed by atoms with Gasteiger partial charge in [-0.15, -0.1) is 0 Å². The number of rotatable bonds is 10. The molecule has 1 atom stereocenters. The smallest absolute Gasteiger partial charge is 0.382 e. The molecule has 0 amide bonds. The molecular weight excluding hydrogens is 223 g/mol. The summed E-state index contributed by atoms with van der Waals surface area (Å²) in [5.74, 6) is 0. The normalized spacial score (nSPS) is 15.1. The van der Waals surface area contributed by atoms with E-state index in [9.17, 15) is 4.57 Å². The van der Waals surface area contributed by atoms with E-state index in [1.165, 1.54) is 7.11 Å². The summed E-state index contributed by atoms with van der Waals surface area (Å²) in [5, 5.41) is 0. The maximum Gasteiger partial charge on any atom is 0.472 e. The van der Waals surface area contributed by atoms with Gasteiger partial charge in [-0.05, 0) is 6.42 Å². The van der Waals surface area contributed by atoms with Gasteiger partial charge in [0.2, 0.25) is 0 Å². The van der Waals surface area contributed by atoms with Crippen LogP contribution in [0.5, 0.6) is 0 Å². The van der Waals surface area contributed by atoms with E-state index < -0.39 is 7.82 Å². The predicted molar refractivity (Wildman–Crippen MR) is 54.7 cm³/mol. The Hall–Kier alpha value is 0.0300. The highest BCUT2D eigenvalue weighted by Crippen LogP contribution is 2.42. The quantitative estimate of drug-likeness (QED) is 0.458. The molecule has 0 spiro atoms. The molecule has 1 unspecified atom stereocenters. The van der Waals surface area contributed by atoms with Crippen molar-refractivity contribution < 1.29 is 28.0 Å². The lowest BCUT2D eigenvalue weighted by atomic mass is 10.5. The highest BCUT2D eigenvalue weighted by atomic mass is 31.2. The van der Waals surface area contributed by atoms with E-state index in [0.29, 0.717) is 6.61 Å². The van der Waals surface area contributed by atoms with Crippen LogP contribution in [0.3, 0.4) is 0 Å². The first kappa shape index (κ1) is 15.0. The Morgan fingerprint density at radius 2 is 1.67 bits per heavy atom. The molecule has 0 bridgehead atoms. The third-order valence-electron chi connectivity index (χ3n) is 1.37. The number of phosphoric acid groups is 1. The van der Waals surface area contributed by atoms with Crippen LogP contribution in [0, 0.1) is 0 Å². The van der Waals surface area contributed by atoms with Crippen molar-refractivity contribution in [1.82, 2.24) is 0 Å².